The first-order valence-electron chi connectivity index (χ1n) is 15.8. The molecule has 3 aromatic carbocycles. The Morgan fingerprint density at radius 1 is 0.957 bits per heavy atom. The number of amides is 1. The highest BCUT2D eigenvalue weighted by molar-refractivity contribution is 6.87. The summed E-state index contributed by atoms with van der Waals surface area (Å²) in [5, 5.41) is 20.9. The Morgan fingerprint density at radius 2 is 1.63 bits per heavy atom. The van der Waals surface area contributed by atoms with Gasteiger partial charge in [0.1, 0.15) is 14.6 Å². The lowest BCUT2D eigenvalue weighted by molar-refractivity contribution is -0.114. The molecular formula is C38H40N4O3Si. The predicted octanol–water partition coefficient (Wildman–Crippen LogP) is 6.40. The van der Waals surface area contributed by atoms with E-state index in [-0.39, 0.29) is 29.1 Å². The van der Waals surface area contributed by atoms with Crippen LogP contribution in [-0.2, 0) is 11.2 Å². The number of anilines is 3. The van der Waals surface area contributed by atoms with Crippen LogP contribution >= 0.6 is 0 Å². The predicted molar refractivity (Wildman–Crippen MR) is 188 cm³/mol. The molecule has 234 valence electrons. The Kier molecular flexibility index (Phi) is 8.75. The highest BCUT2D eigenvalue weighted by Gasteiger charge is 2.38. The molecule has 0 bridgehead atoms. The van der Waals surface area contributed by atoms with Gasteiger partial charge in [0, 0.05) is 42.4 Å². The van der Waals surface area contributed by atoms with Gasteiger partial charge in [-0.2, -0.15) is 0 Å². The first-order valence-corrected chi connectivity index (χ1v) is 17.5. The minimum Gasteiger partial charge on any atom is -0.388 e. The van der Waals surface area contributed by atoms with Gasteiger partial charge in [-0.25, -0.2) is 4.98 Å². The van der Waals surface area contributed by atoms with Crippen LogP contribution in [0.2, 0.25) is 5.04 Å². The van der Waals surface area contributed by atoms with Crippen molar-refractivity contribution in [2.45, 2.75) is 51.7 Å². The van der Waals surface area contributed by atoms with E-state index < -0.39 is 14.9 Å². The van der Waals surface area contributed by atoms with Crippen molar-refractivity contribution in [2.75, 3.05) is 10.6 Å². The van der Waals surface area contributed by atoms with E-state index in [1.807, 2.05) is 54.6 Å². The number of ketones is 1. The zero-order valence-corrected chi connectivity index (χ0v) is 27.8. The third-order valence-electron chi connectivity index (χ3n) is 8.74. The molecule has 0 spiro atoms. The molecule has 0 aliphatic heterocycles. The number of pyridine rings is 1. The summed E-state index contributed by atoms with van der Waals surface area (Å²) in [6.07, 6.45) is 1.57. The minimum atomic E-state index is -1.77. The van der Waals surface area contributed by atoms with Crippen molar-refractivity contribution < 1.29 is 14.7 Å². The largest absolute Gasteiger partial charge is 0.388 e. The molecule has 4 N–H and O–H groups in total. The molecule has 0 radical (unpaired) electrons. The van der Waals surface area contributed by atoms with E-state index in [0.717, 1.165) is 28.2 Å². The summed E-state index contributed by atoms with van der Waals surface area (Å²) in [7, 11) is -1.77. The van der Waals surface area contributed by atoms with Gasteiger partial charge in [0.05, 0.1) is 23.0 Å². The lowest BCUT2D eigenvalue weighted by Crippen LogP contribution is -2.51. The Labute approximate surface area is 271 Å². The number of aliphatic hydroxyl groups is 1. The van der Waals surface area contributed by atoms with Gasteiger partial charge in [0.2, 0.25) is 5.91 Å². The number of rotatable bonds is 8. The fourth-order valence-electron chi connectivity index (χ4n) is 6.84. The van der Waals surface area contributed by atoms with Gasteiger partial charge in [0.25, 0.3) is 0 Å². The normalized spacial score (nSPS) is 15.9. The Bertz CT molecular complexity index is 1860. The summed E-state index contributed by atoms with van der Waals surface area (Å²) < 4.78 is 0. The molecule has 46 heavy (non-hydrogen) atoms. The highest BCUT2D eigenvalue weighted by Crippen LogP contribution is 2.43. The number of nitrogens with one attached hydrogen (secondary N) is 3. The van der Waals surface area contributed by atoms with E-state index >= 15 is 0 Å². The Morgan fingerprint density at radius 3 is 2.33 bits per heavy atom. The van der Waals surface area contributed by atoms with Gasteiger partial charge in [0.15, 0.2) is 5.78 Å². The average molecular weight is 629 g/mol. The van der Waals surface area contributed by atoms with Crippen LogP contribution in [0.4, 0.5) is 17.2 Å². The van der Waals surface area contributed by atoms with Crippen molar-refractivity contribution in [2.24, 2.45) is 5.92 Å². The molecule has 1 amide bonds. The van der Waals surface area contributed by atoms with Crippen molar-refractivity contribution in [3.05, 3.63) is 120 Å². The second-order valence-electron chi connectivity index (χ2n) is 13.2. The lowest BCUT2D eigenvalue weighted by atomic mass is 9.81. The number of carbonyl (C=O) groups excluding carboxylic acids is 2. The van der Waals surface area contributed by atoms with E-state index in [4.69, 9.17) is 0 Å². The SMILES string of the molecule is CC(=O)Nc1cc(-c2[nH]c3c(c2Nc2ccccc2)C(=O)CC(C(O)c2ccccc2[SiH](c2ccccc2)C(C)(C)C)C3)ccn1. The van der Waals surface area contributed by atoms with E-state index in [2.05, 4.69) is 77.8 Å². The molecule has 5 aromatic rings. The smallest absolute Gasteiger partial charge is 0.222 e. The van der Waals surface area contributed by atoms with Gasteiger partial charge in [-0.3, -0.25) is 9.59 Å². The number of para-hydroxylation sites is 1. The van der Waals surface area contributed by atoms with E-state index in [9.17, 15) is 14.7 Å². The molecule has 8 heteroatoms. The third-order valence-corrected chi connectivity index (χ3v) is 12.7. The molecule has 1 aliphatic carbocycles. The van der Waals surface area contributed by atoms with E-state index in [1.165, 1.54) is 17.3 Å². The van der Waals surface area contributed by atoms with Gasteiger partial charge >= 0.3 is 0 Å². The number of carbonyl (C=O) groups is 2. The lowest BCUT2D eigenvalue weighted by Gasteiger charge is -2.34. The van der Waals surface area contributed by atoms with Crippen LogP contribution in [0.5, 0.6) is 0 Å². The molecule has 0 saturated heterocycles. The zero-order chi connectivity index (χ0) is 32.4. The van der Waals surface area contributed by atoms with Crippen LogP contribution in [0, 0.1) is 5.92 Å². The summed E-state index contributed by atoms with van der Waals surface area (Å²) in [5.74, 6) is -0.104. The van der Waals surface area contributed by atoms with Crippen molar-refractivity contribution >= 4 is 48.1 Å². The maximum absolute atomic E-state index is 14.1. The van der Waals surface area contributed by atoms with Crippen LogP contribution in [0.3, 0.4) is 0 Å². The van der Waals surface area contributed by atoms with Crippen molar-refractivity contribution in [3.63, 3.8) is 0 Å². The quantitative estimate of drug-likeness (QED) is 0.149. The van der Waals surface area contributed by atoms with E-state index in [1.54, 1.807) is 12.3 Å². The van der Waals surface area contributed by atoms with Gasteiger partial charge < -0.3 is 20.7 Å². The number of Topliss-reactive ketones (excluding diaryl/α,β-unsaturated/α-hetero) is 1. The number of nitrogens with zero attached hydrogens (tertiary/aromatic N) is 1. The second-order valence-corrected chi connectivity index (χ2v) is 17.1. The second kappa shape index (κ2) is 12.9. The molecule has 0 saturated carbocycles. The number of hydrogen-bond donors (Lipinski definition) is 4. The fraction of sp³-hybridized carbons (Fsp3) is 0.237. The summed E-state index contributed by atoms with van der Waals surface area (Å²) >= 11 is 0. The molecule has 2 aromatic heterocycles. The third kappa shape index (κ3) is 6.45. The molecular weight excluding hydrogens is 589 g/mol. The first-order chi connectivity index (χ1) is 22.1. The highest BCUT2D eigenvalue weighted by atomic mass is 28.3. The molecule has 2 heterocycles. The number of hydrogen-bond acceptors (Lipinski definition) is 5. The summed E-state index contributed by atoms with van der Waals surface area (Å²) in [6, 6.07) is 32.3. The fourth-order valence-corrected chi connectivity index (χ4v) is 10.6. The molecule has 3 unspecified atom stereocenters. The molecule has 7 nitrogen and oxygen atoms in total. The Hall–Kier alpha value is -4.79. The van der Waals surface area contributed by atoms with Crippen molar-refractivity contribution in [3.8, 4) is 11.3 Å². The maximum atomic E-state index is 14.1. The summed E-state index contributed by atoms with van der Waals surface area (Å²) in [6.45, 7) is 8.30. The van der Waals surface area contributed by atoms with Crippen molar-refractivity contribution in [1.29, 1.82) is 0 Å². The van der Waals surface area contributed by atoms with Crippen LogP contribution in [0.15, 0.2) is 103 Å². The number of aliphatic hydroxyl groups excluding tert-OH is 1. The van der Waals surface area contributed by atoms with Gasteiger partial charge in [-0.1, -0.05) is 104 Å². The number of benzene rings is 3. The van der Waals surface area contributed by atoms with Crippen LogP contribution < -0.4 is 21.0 Å². The summed E-state index contributed by atoms with van der Waals surface area (Å²) in [5.41, 5.74) is 5.37. The van der Waals surface area contributed by atoms with E-state index in [0.29, 0.717) is 23.5 Å². The first kappa shape index (κ1) is 31.2. The van der Waals surface area contributed by atoms with Gasteiger partial charge in [-0.15, -0.1) is 0 Å². The minimum absolute atomic E-state index is 0.0208. The topological polar surface area (TPSA) is 107 Å². The van der Waals surface area contributed by atoms with Crippen LogP contribution in [0.25, 0.3) is 11.3 Å². The van der Waals surface area contributed by atoms with Gasteiger partial charge in [-0.05, 0) is 41.3 Å². The zero-order valence-electron chi connectivity index (χ0n) is 26.7. The monoisotopic (exact) mass is 628 g/mol. The number of H-pyrrole nitrogens is 1. The molecule has 1 aliphatic rings. The standard InChI is InChI=1S/C38H40N4O3Si/c1-24(43)40-33-23-25(19-20-39-33)35-36(41-27-13-7-5-8-14-27)34-30(42-35)21-26(22-31(34)44)37(45)29-17-11-12-18-32(29)46(38(2,3)4)28-15-9-6-10-16-28/h5-20,23,26,37,41-42,45-46H,21-22H2,1-4H3,(H,39,40,43). The number of fused-ring (bicyclic) bond motifs is 1. The molecule has 0 fully saturated rings. The summed E-state index contributed by atoms with van der Waals surface area (Å²) in [4.78, 5) is 33.7. The van der Waals surface area contributed by atoms with Crippen molar-refractivity contribution in [1.82, 2.24) is 9.97 Å². The number of aromatic amines is 1. The number of aromatic nitrogens is 2. The van der Waals surface area contributed by atoms with Crippen LogP contribution in [-0.4, -0.2) is 35.6 Å². The molecule has 3 atom stereocenters. The van der Waals surface area contributed by atoms with Crippen LogP contribution in [0.1, 0.15) is 61.8 Å². The maximum Gasteiger partial charge on any atom is 0.222 e. The Balaban J connectivity index is 1.40. The average Bonchev–Trinajstić information content (AvgIpc) is 3.40. The molecule has 6 rings (SSSR count).